The zero-order valence-electron chi connectivity index (χ0n) is 33.2. The maximum absolute atomic E-state index is 14.5. The van der Waals surface area contributed by atoms with E-state index in [1.165, 1.54) is 36.8 Å². The smallest absolute Gasteiger partial charge is 0.335 e. The van der Waals surface area contributed by atoms with E-state index >= 15 is 0 Å². The highest BCUT2D eigenvalue weighted by atomic mass is 16.4. The van der Waals surface area contributed by atoms with E-state index in [1.54, 1.807) is 12.1 Å². The topological polar surface area (TPSA) is 107 Å². The van der Waals surface area contributed by atoms with E-state index in [-0.39, 0.29) is 39.4 Å². The van der Waals surface area contributed by atoms with Crippen LogP contribution in [0.2, 0.25) is 0 Å². The third-order valence-electron chi connectivity index (χ3n) is 16.6. The van der Waals surface area contributed by atoms with Crippen molar-refractivity contribution in [3.05, 3.63) is 53.6 Å². The summed E-state index contributed by atoms with van der Waals surface area (Å²) < 4.78 is 0. The Bertz CT molecular complexity index is 1600. The molecule has 52 heavy (non-hydrogen) atoms. The third-order valence-corrected chi connectivity index (χ3v) is 16.6. The van der Waals surface area contributed by atoms with Gasteiger partial charge in [-0.1, -0.05) is 71.9 Å². The van der Waals surface area contributed by atoms with Gasteiger partial charge < -0.3 is 20.4 Å². The van der Waals surface area contributed by atoms with Crippen molar-refractivity contribution in [1.82, 2.24) is 10.2 Å². The van der Waals surface area contributed by atoms with Gasteiger partial charge in [-0.2, -0.15) is 0 Å². The van der Waals surface area contributed by atoms with Gasteiger partial charge in [0, 0.05) is 13.1 Å². The SMILES string of the molecule is C=C(C)C1CCC2(C(=O)NCCCN(CC)CCC(=O)O)CCC3(C)C(CCC4C5(C)CC=C(c6ccc(C(=O)O)cc6)C(C)(C)C5CCC43C)C12. The maximum atomic E-state index is 14.5. The number of nitrogens with zero attached hydrogens (tertiary/aromatic N) is 1. The minimum atomic E-state index is -0.885. The number of allylic oxidation sites excluding steroid dienone is 3. The number of amides is 1. The summed E-state index contributed by atoms with van der Waals surface area (Å²) in [4.78, 5) is 39.3. The number of hydrogen-bond donors (Lipinski definition) is 3. The van der Waals surface area contributed by atoms with Crippen molar-refractivity contribution in [1.29, 1.82) is 0 Å². The lowest BCUT2D eigenvalue weighted by atomic mass is 9.32. The zero-order chi connectivity index (χ0) is 37.9. The van der Waals surface area contributed by atoms with Crippen LogP contribution in [-0.4, -0.2) is 59.1 Å². The predicted octanol–water partition coefficient (Wildman–Crippen LogP) is 9.34. The first kappa shape index (κ1) is 38.8. The fourth-order valence-corrected chi connectivity index (χ4v) is 13.8. The van der Waals surface area contributed by atoms with Crippen molar-refractivity contribution in [3.8, 4) is 0 Å². The van der Waals surface area contributed by atoms with Gasteiger partial charge in [0.05, 0.1) is 17.4 Å². The normalized spacial score (nSPS) is 37.5. The van der Waals surface area contributed by atoms with Gasteiger partial charge in [0.2, 0.25) is 5.91 Å². The molecule has 4 saturated carbocycles. The van der Waals surface area contributed by atoms with Gasteiger partial charge in [0.25, 0.3) is 0 Å². The highest BCUT2D eigenvalue weighted by molar-refractivity contribution is 5.88. The molecule has 0 heterocycles. The highest BCUT2D eigenvalue weighted by Crippen LogP contribution is 2.77. The Morgan fingerprint density at radius 2 is 1.60 bits per heavy atom. The lowest BCUT2D eigenvalue weighted by Gasteiger charge is -2.72. The van der Waals surface area contributed by atoms with Crippen molar-refractivity contribution in [2.75, 3.05) is 26.2 Å². The maximum Gasteiger partial charge on any atom is 0.335 e. The number of carboxylic acid groups (broad SMARTS) is 2. The minimum absolute atomic E-state index is 0.0302. The molecule has 1 aromatic carbocycles. The van der Waals surface area contributed by atoms with Crippen LogP contribution in [0.25, 0.3) is 5.57 Å². The molecule has 286 valence electrons. The fraction of sp³-hybridized carbons (Fsp3) is 0.711. The molecule has 0 aliphatic heterocycles. The van der Waals surface area contributed by atoms with E-state index in [1.807, 2.05) is 12.1 Å². The number of benzene rings is 1. The summed E-state index contributed by atoms with van der Waals surface area (Å²) in [7, 11) is 0. The Morgan fingerprint density at radius 3 is 2.23 bits per heavy atom. The van der Waals surface area contributed by atoms with Gasteiger partial charge in [-0.05, 0) is 159 Å². The van der Waals surface area contributed by atoms with E-state index in [2.05, 4.69) is 71.3 Å². The van der Waals surface area contributed by atoms with Gasteiger partial charge in [-0.3, -0.25) is 9.59 Å². The zero-order valence-corrected chi connectivity index (χ0v) is 33.2. The Hall–Kier alpha value is -2.93. The first-order valence-electron chi connectivity index (χ1n) is 20.4. The summed E-state index contributed by atoms with van der Waals surface area (Å²) in [5, 5.41) is 22.0. The molecule has 7 nitrogen and oxygen atoms in total. The number of carbonyl (C=O) groups excluding carboxylic acids is 1. The van der Waals surface area contributed by atoms with Crippen LogP contribution >= 0.6 is 0 Å². The number of fused-ring (bicyclic) bond motifs is 7. The Morgan fingerprint density at radius 1 is 0.885 bits per heavy atom. The summed E-state index contributed by atoms with van der Waals surface area (Å²) >= 11 is 0. The fourth-order valence-electron chi connectivity index (χ4n) is 13.8. The highest BCUT2D eigenvalue weighted by Gasteiger charge is 2.71. The molecule has 0 saturated heterocycles. The molecule has 9 atom stereocenters. The molecule has 0 radical (unpaired) electrons. The number of aromatic carboxylic acids is 1. The van der Waals surface area contributed by atoms with E-state index in [0.29, 0.717) is 48.2 Å². The van der Waals surface area contributed by atoms with Gasteiger partial charge >= 0.3 is 11.9 Å². The summed E-state index contributed by atoms with van der Waals surface area (Å²) in [6.07, 6.45) is 13.3. The molecule has 3 N–H and O–H groups in total. The monoisotopic (exact) mass is 714 g/mol. The van der Waals surface area contributed by atoms with Gasteiger partial charge in [0.1, 0.15) is 0 Å². The minimum Gasteiger partial charge on any atom is -0.481 e. The van der Waals surface area contributed by atoms with Crippen LogP contribution in [-0.2, 0) is 9.59 Å². The molecule has 4 fully saturated rings. The summed E-state index contributed by atoms with van der Waals surface area (Å²) in [6.45, 7) is 24.3. The van der Waals surface area contributed by atoms with Crippen molar-refractivity contribution < 1.29 is 24.6 Å². The third kappa shape index (κ3) is 6.09. The molecular formula is C45H66N2O5. The number of rotatable bonds is 12. The van der Waals surface area contributed by atoms with E-state index in [9.17, 15) is 19.5 Å². The Labute approximate surface area is 313 Å². The van der Waals surface area contributed by atoms with Crippen molar-refractivity contribution in [2.45, 2.75) is 119 Å². The van der Waals surface area contributed by atoms with Crippen LogP contribution in [0.5, 0.6) is 0 Å². The standard InChI is InChI=1S/C45H66N2O5/c1-9-47(28-20-37(48)49)27-10-26-46-40(52)45-23-17-32(29(2)3)38(45)34-15-16-36-42(6)21-18-33(30-11-13-31(14-12-30)39(50)51)41(4,5)35(42)19-22-44(36,8)43(34,7)24-25-45/h11-14,18,32,34-36,38H,2,9-10,15-17,19-28H2,1,3-8H3,(H,46,52)(H,48,49)(H,50,51). The number of aliphatic carboxylic acids is 1. The largest absolute Gasteiger partial charge is 0.481 e. The van der Waals surface area contributed by atoms with E-state index in [4.69, 9.17) is 5.11 Å². The molecule has 5 aliphatic carbocycles. The molecule has 1 amide bonds. The molecule has 0 aromatic heterocycles. The summed E-state index contributed by atoms with van der Waals surface area (Å²) in [5.41, 5.74) is 4.20. The van der Waals surface area contributed by atoms with Crippen LogP contribution in [0.1, 0.15) is 135 Å². The van der Waals surface area contributed by atoms with Gasteiger partial charge in [-0.25, -0.2) is 4.79 Å². The summed E-state index contributed by atoms with van der Waals surface area (Å²) in [6, 6.07) is 7.51. The number of carboxylic acids is 2. The molecule has 6 rings (SSSR count). The molecule has 1 aromatic rings. The van der Waals surface area contributed by atoms with E-state index < -0.39 is 11.9 Å². The van der Waals surface area contributed by atoms with Crippen molar-refractivity contribution >= 4 is 23.4 Å². The number of nitrogens with one attached hydrogen (secondary N) is 1. The molecule has 9 unspecified atom stereocenters. The average molecular weight is 715 g/mol. The lowest BCUT2D eigenvalue weighted by Crippen LogP contribution is -2.66. The predicted molar refractivity (Wildman–Crippen MR) is 208 cm³/mol. The first-order valence-corrected chi connectivity index (χ1v) is 20.4. The van der Waals surface area contributed by atoms with Crippen LogP contribution < -0.4 is 5.32 Å². The van der Waals surface area contributed by atoms with Crippen LogP contribution in [0.15, 0.2) is 42.5 Å². The van der Waals surface area contributed by atoms with Crippen LogP contribution in [0, 0.1) is 56.7 Å². The second kappa shape index (κ2) is 14.0. The van der Waals surface area contributed by atoms with Gasteiger partial charge in [0.15, 0.2) is 0 Å². The molecule has 5 aliphatic rings. The quantitative estimate of drug-likeness (QED) is 0.147. The van der Waals surface area contributed by atoms with Crippen molar-refractivity contribution in [2.24, 2.45) is 56.7 Å². The van der Waals surface area contributed by atoms with Crippen LogP contribution in [0.4, 0.5) is 0 Å². The van der Waals surface area contributed by atoms with E-state index in [0.717, 1.165) is 57.2 Å². The average Bonchev–Trinajstić information content (AvgIpc) is 3.49. The molecule has 0 bridgehead atoms. The number of hydrogen-bond acceptors (Lipinski definition) is 4. The molecule has 0 spiro atoms. The first-order chi connectivity index (χ1) is 24.5. The summed E-state index contributed by atoms with van der Waals surface area (Å²) in [5.74, 6) is 0.911. The second-order valence-corrected chi connectivity index (χ2v) is 19.0. The number of carbonyl (C=O) groups is 3. The second-order valence-electron chi connectivity index (χ2n) is 19.0. The molecular weight excluding hydrogens is 649 g/mol. The molecule has 7 heteroatoms. The Balaban J connectivity index is 1.24. The Kier molecular flexibility index (Phi) is 10.5. The lowest BCUT2D eigenvalue weighted by molar-refractivity contribution is -0.225. The van der Waals surface area contributed by atoms with Crippen LogP contribution in [0.3, 0.4) is 0 Å². The van der Waals surface area contributed by atoms with Crippen molar-refractivity contribution in [3.63, 3.8) is 0 Å². The van der Waals surface area contributed by atoms with Gasteiger partial charge in [-0.15, -0.1) is 0 Å².